The lowest BCUT2D eigenvalue weighted by Gasteiger charge is -2.28. The monoisotopic (exact) mass is 279 g/mol. The molecule has 0 aromatic carbocycles. The van der Waals surface area contributed by atoms with Gasteiger partial charge in [0.15, 0.2) is 0 Å². The molecule has 1 amide bonds. The quantitative estimate of drug-likeness (QED) is 0.837. The lowest BCUT2D eigenvalue weighted by molar-refractivity contribution is -0.130. The molecule has 2 atom stereocenters. The van der Waals surface area contributed by atoms with Crippen LogP contribution in [0.15, 0.2) is 11.8 Å². The molecule has 1 aliphatic heterocycles. The normalized spacial score (nSPS) is 25.4. The molecule has 4 heteroatoms. The molecule has 114 valence electrons. The first-order chi connectivity index (χ1) is 9.61. The van der Waals surface area contributed by atoms with Gasteiger partial charge in [0, 0.05) is 24.8 Å². The minimum Gasteiger partial charge on any atom is -0.328 e. The average Bonchev–Trinajstić information content (AvgIpc) is 2.89. The highest BCUT2D eigenvalue weighted by atomic mass is 16.2. The Labute approximate surface area is 123 Å². The fourth-order valence-electron chi connectivity index (χ4n) is 3.32. The number of carbonyl (C=O) groups excluding carboxylic acids is 1. The molecular formula is C16H29N3O. The molecule has 0 bridgehead atoms. The Hall–Kier alpha value is -0.870. The van der Waals surface area contributed by atoms with Gasteiger partial charge in [0.05, 0.1) is 6.54 Å². The Morgan fingerprint density at radius 1 is 1.55 bits per heavy atom. The second-order valence-corrected chi connectivity index (χ2v) is 6.22. The summed E-state index contributed by atoms with van der Waals surface area (Å²) >= 11 is 0. The number of allylic oxidation sites excluding steroid dienone is 2. The van der Waals surface area contributed by atoms with E-state index in [9.17, 15) is 4.79 Å². The molecule has 2 aliphatic rings. The lowest BCUT2D eigenvalue weighted by Crippen LogP contribution is -2.40. The fourth-order valence-corrected chi connectivity index (χ4v) is 3.32. The molecule has 0 saturated carbocycles. The summed E-state index contributed by atoms with van der Waals surface area (Å²) in [7, 11) is 0. The highest BCUT2D eigenvalue weighted by Crippen LogP contribution is 2.22. The number of nitrogens with two attached hydrogens (primary N) is 1. The molecule has 0 aromatic heterocycles. The summed E-state index contributed by atoms with van der Waals surface area (Å²) in [5.74, 6) is 0.803. The van der Waals surface area contributed by atoms with Gasteiger partial charge < -0.3 is 10.6 Å². The van der Waals surface area contributed by atoms with Gasteiger partial charge in [-0.2, -0.15) is 0 Å². The minimum atomic E-state index is 0.235. The molecule has 2 rings (SSSR count). The van der Waals surface area contributed by atoms with Crippen molar-refractivity contribution in [1.82, 2.24) is 9.80 Å². The predicted octanol–water partition coefficient (Wildman–Crippen LogP) is 1.96. The Morgan fingerprint density at radius 2 is 2.35 bits per heavy atom. The maximum Gasteiger partial charge on any atom is 0.240 e. The lowest BCUT2D eigenvalue weighted by atomic mass is 10.0. The number of likely N-dealkylation sites (tertiary alicyclic amines) is 1. The van der Waals surface area contributed by atoms with Crippen LogP contribution in [0.2, 0.25) is 0 Å². The summed E-state index contributed by atoms with van der Waals surface area (Å²) < 4.78 is 0. The van der Waals surface area contributed by atoms with Crippen molar-refractivity contribution in [3.63, 3.8) is 0 Å². The molecule has 0 radical (unpaired) electrons. The Morgan fingerprint density at radius 3 is 2.90 bits per heavy atom. The van der Waals surface area contributed by atoms with Gasteiger partial charge in [0.25, 0.3) is 0 Å². The zero-order chi connectivity index (χ0) is 14.5. The number of amides is 1. The van der Waals surface area contributed by atoms with Crippen molar-refractivity contribution in [2.75, 3.05) is 26.2 Å². The van der Waals surface area contributed by atoms with Crippen LogP contribution in [-0.2, 0) is 4.79 Å². The number of nitrogens with zero attached hydrogens (tertiary/aromatic N) is 2. The highest BCUT2D eigenvalue weighted by Gasteiger charge is 2.28. The predicted molar refractivity (Wildman–Crippen MR) is 82.1 cm³/mol. The van der Waals surface area contributed by atoms with E-state index >= 15 is 0 Å². The maximum absolute atomic E-state index is 12.5. The topological polar surface area (TPSA) is 49.6 Å². The molecule has 4 nitrogen and oxygen atoms in total. The van der Waals surface area contributed by atoms with E-state index in [0.29, 0.717) is 12.5 Å². The second kappa shape index (κ2) is 7.23. The van der Waals surface area contributed by atoms with E-state index in [4.69, 9.17) is 5.73 Å². The van der Waals surface area contributed by atoms with E-state index in [-0.39, 0.29) is 11.9 Å². The number of likely N-dealkylation sites (N-methyl/N-ethyl adjacent to an activating group) is 1. The van der Waals surface area contributed by atoms with Crippen molar-refractivity contribution in [1.29, 1.82) is 0 Å². The fraction of sp³-hybridized carbons (Fsp3) is 0.812. The molecular weight excluding hydrogens is 250 g/mol. The van der Waals surface area contributed by atoms with Crippen molar-refractivity contribution >= 4 is 5.91 Å². The van der Waals surface area contributed by atoms with Crippen LogP contribution in [0, 0.1) is 5.92 Å². The van der Waals surface area contributed by atoms with Crippen LogP contribution in [-0.4, -0.2) is 47.9 Å². The van der Waals surface area contributed by atoms with E-state index in [1.165, 1.54) is 18.5 Å². The average molecular weight is 279 g/mol. The summed E-state index contributed by atoms with van der Waals surface area (Å²) in [4.78, 5) is 16.8. The van der Waals surface area contributed by atoms with Crippen molar-refractivity contribution < 1.29 is 4.79 Å². The third-order valence-corrected chi connectivity index (χ3v) is 4.64. The smallest absolute Gasteiger partial charge is 0.240 e. The SMILES string of the molecule is CCN(C(=O)CN1CCC(C(C)N)C1)C1=CCCCC1. The van der Waals surface area contributed by atoms with Crippen LogP contribution < -0.4 is 5.73 Å². The van der Waals surface area contributed by atoms with Gasteiger partial charge >= 0.3 is 0 Å². The van der Waals surface area contributed by atoms with Crippen LogP contribution in [0.1, 0.15) is 46.0 Å². The molecule has 1 fully saturated rings. The van der Waals surface area contributed by atoms with Crippen LogP contribution in [0.3, 0.4) is 0 Å². The van der Waals surface area contributed by atoms with Crippen LogP contribution in [0.5, 0.6) is 0 Å². The summed E-state index contributed by atoms with van der Waals surface area (Å²) in [6.07, 6.45) is 8.03. The second-order valence-electron chi connectivity index (χ2n) is 6.22. The van der Waals surface area contributed by atoms with Gasteiger partial charge in [-0.05, 0) is 58.4 Å². The third kappa shape index (κ3) is 3.83. The standard InChI is InChI=1S/C16H29N3O/c1-3-19(15-7-5-4-6-8-15)16(20)12-18-10-9-14(11-18)13(2)17/h7,13-14H,3-6,8-12,17H2,1-2H3. The summed E-state index contributed by atoms with van der Waals surface area (Å²) in [5.41, 5.74) is 7.20. The van der Waals surface area contributed by atoms with Gasteiger partial charge in [0.1, 0.15) is 0 Å². The zero-order valence-electron chi connectivity index (χ0n) is 13.0. The Kier molecular flexibility index (Phi) is 5.61. The van der Waals surface area contributed by atoms with E-state index < -0.39 is 0 Å². The van der Waals surface area contributed by atoms with Gasteiger partial charge in [-0.1, -0.05) is 6.08 Å². The molecule has 0 spiro atoms. The number of rotatable bonds is 5. The molecule has 2 unspecified atom stereocenters. The molecule has 1 aliphatic carbocycles. The van der Waals surface area contributed by atoms with Crippen LogP contribution in [0.25, 0.3) is 0 Å². The van der Waals surface area contributed by atoms with Gasteiger partial charge in [-0.3, -0.25) is 9.69 Å². The van der Waals surface area contributed by atoms with Crippen LogP contribution in [0.4, 0.5) is 0 Å². The van der Waals surface area contributed by atoms with Crippen molar-refractivity contribution in [3.05, 3.63) is 11.8 Å². The largest absolute Gasteiger partial charge is 0.328 e. The number of carbonyl (C=O) groups is 1. The molecule has 2 N–H and O–H groups in total. The van der Waals surface area contributed by atoms with Crippen molar-refractivity contribution in [2.45, 2.75) is 52.0 Å². The first kappa shape index (κ1) is 15.5. The van der Waals surface area contributed by atoms with E-state index in [2.05, 4.69) is 24.8 Å². The maximum atomic E-state index is 12.5. The Balaban J connectivity index is 1.88. The summed E-state index contributed by atoms with van der Waals surface area (Å²) in [6, 6.07) is 0.235. The van der Waals surface area contributed by atoms with E-state index in [1.54, 1.807) is 0 Å². The highest BCUT2D eigenvalue weighted by molar-refractivity contribution is 5.80. The van der Waals surface area contributed by atoms with Crippen LogP contribution >= 0.6 is 0 Å². The van der Waals surface area contributed by atoms with Crippen molar-refractivity contribution in [3.8, 4) is 0 Å². The zero-order valence-corrected chi connectivity index (χ0v) is 13.0. The number of hydrogen-bond acceptors (Lipinski definition) is 3. The first-order valence-electron chi connectivity index (χ1n) is 8.09. The number of hydrogen-bond donors (Lipinski definition) is 1. The van der Waals surface area contributed by atoms with E-state index in [0.717, 1.165) is 38.9 Å². The first-order valence-corrected chi connectivity index (χ1v) is 8.09. The van der Waals surface area contributed by atoms with Gasteiger partial charge in [0.2, 0.25) is 5.91 Å². The summed E-state index contributed by atoms with van der Waals surface area (Å²) in [5, 5.41) is 0. The summed E-state index contributed by atoms with van der Waals surface area (Å²) in [6.45, 7) is 7.46. The van der Waals surface area contributed by atoms with Gasteiger partial charge in [-0.25, -0.2) is 0 Å². The Bertz CT molecular complexity index is 365. The van der Waals surface area contributed by atoms with Crippen molar-refractivity contribution in [2.24, 2.45) is 11.7 Å². The van der Waals surface area contributed by atoms with E-state index in [1.807, 2.05) is 4.90 Å². The van der Waals surface area contributed by atoms with Gasteiger partial charge in [-0.15, -0.1) is 0 Å². The third-order valence-electron chi connectivity index (χ3n) is 4.64. The molecule has 0 aromatic rings. The molecule has 20 heavy (non-hydrogen) atoms. The molecule has 1 saturated heterocycles. The molecule has 1 heterocycles. The minimum absolute atomic E-state index is 0.235.